The first-order valence-electron chi connectivity index (χ1n) is 16.3. The van der Waals surface area contributed by atoms with Crippen LogP contribution >= 0.6 is 0 Å². The number of benzene rings is 8. The maximum absolute atomic E-state index is 5.20. The van der Waals surface area contributed by atoms with Crippen LogP contribution in [0.3, 0.4) is 0 Å². The second-order valence-electron chi connectivity index (χ2n) is 12.1. The molecule has 9 rings (SSSR count). The van der Waals surface area contributed by atoms with Crippen molar-refractivity contribution >= 4 is 49.6 Å². The molecular weight excluding hydrogens is 583 g/mol. The maximum atomic E-state index is 5.20. The highest BCUT2D eigenvalue weighted by atomic mass is 15.1. The molecular formula is C45H31N3. The first-order valence-corrected chi connectivity index (χ1v) is 16.3. The summed E-state index contributed by atoms with van der Waals surface area (Å²) in [6.07, 6.45) is 0. The molecule has 1 heterocycles. The largest absolute Gasteiger partial charge is 0.310 e. The van der Waals surface area contributed by atoms with Crippen molar-refractivity contribution in [2.75, 3.05) is 4.90 Å². The smallest absolute Gasteiger partial charge is 0.145 e. The number of nitrogens with zero attached hydrogens (tertiary/aromatic N) is 3. The van der Waals surface area contributed by atoms with Crippen molar-refractivity contribution in [3.05, 3.63) is 188 Å². The van der Waals surface area contributed by atoms with Crippen LogP contribution < -0.4 is 4.90 Å². The molecule has 0 N–H and O–H groups in total. The number of hydrogen-bond donors (Lipinski definition) is 0. The minimum Gasteiger partial charge on any atom is -0.310 e. The molecule has 0 amide bonds. The average Bonchev–Trinajstić information content (AvgIpc) is 3.55. The van der Waals surface area contributed by atoms with E-state index in [1.165, 1.54) is 27.1 Å². The van der Waals surface area contributed by atoms with Gasteiger partial charge in [0.2, 0.25) is 0 Å². The lowest BCUT2D eigenvalue weighted by Gasteiger charge is -2.26. The fraction of sp³-hybridized carbons (Fsp3) is 0. The first kappa shape index (κ1) is 27.8. The van der Waals surface area contributed by atoms with Crippen LogP contribution in [0.1, 0.15) is 0 Å². The van der Waals surface area contributed by atoms with Gasteiger partial charge in [-0.2, -0.15) is 0 Å². The third-order valence-corrected chi connectivity index (χ3v) is 9.16. The Morgan fingerprint density at radius 3 is 1.62 bits per heavy atom. The molecule has 9 aromatic rings. The van der Waals surface area contributed by atoms with Gasteiger partial charge in [0.25, 0.3) is 0 Å². The Balaban J connectivity index is 1.20. The lowest BCUT2D eigenvalue weighted by atomic mass is 10.0. The van der Waals surface area contributed by atoms with Crippen molar-refractivity contribution in [3.8, 4) is 28.2 Å². The number of fused-ring (bicyclic) bond motifs is 3. The molecule has 3 nitrogen and oxygen atoms in total. The number of anilines is 3. The van der Waals surface area contributed by atoms with Gasteiger partial charge < -0.3 is 4.90 Å². The van der Waals surface area contributed by atoms with Gasteiger partial charge in [0.1, 0.15) is 5.82 Å². The Morgan fingerprint density at radius 2 is 0.938 bits per heavy atom. The topological polar surface area (TPSA) is 21.1 Å². The highest BCUT2D eigenvalue weighted by Crippen LogP contribution is 2.39. The predicted molar refractivity (Wildman–Crippen MR) is 202 cm³/mol. The molecule has 0 unspecified atom stereocenters. The Labute approximate surface area is 279 Å². The number of rotatable bonds is 6. The first-order chi connectivity index (χ1) is 23.8. The van der Waals surface area contributed by atoms with E-state index in [1.807, 2.05) is 0 Å². The minimum absolute atomic E-state index is 0.911. The molecule has 0 saturated carbocycles. The van der Waals surface area contributed by atoms with Crippen LogP contribution in [0.4, 0.5) is 17.1 Å². The molecule has 3 heteroatoms. The fourth-order valence-electron chi connectivity index (χ4n) is 6.83. The zero-order chi connectivity index (χ0) is 31.9. The van der Waals surface area contributed by atoms with Gasteiger partial charge in [-0.1, -0.05) is 121 Å². The number of aromatic nitrogens is 2. The third kappa shape index (κ3) is 4.90. The molecule has 0 saturated heterocycles. The van der Waals surface area contributed by atoms with Gasteiger partial charge in [0.05, 0.1) is 16.7 Å². The molecule has 0 bridgehead atoms. The van der Waals surface area contributed by atoms with Crippen LogP contribution in [0.25, 0.3) is 60.8 Å². The highest BCUT2D eigenvalue weighted by Gasteiger charge is 2.19. The Hall–Kier alpha value is -6.45. The van der Waals surface area contributed by atoms with E-state index in [-0.39, 0.29) is 0 Å². The van der Waals surface area contributed by atoms with E-state index in [9.17, 15) is 0 Å². The van der Waals surface area contributed by atoms with E-state index in [0.717, 1.165) is 50.7 Å². The Morgan fingerprint density at radius 1 is 0.396 bits per heavy atom. The van der Waals surface area contributed by atoms with Crippen LogP contribution in [-0.4, -0.2) is 9.55 Å². The van der Waals surface area contributed by atoms with Gasteiger partial charge in [0, 0.05) is 28.2 Å². The molecule has 48 heavy (non-hydrogen) atoms. The number of hydrogen-bond acceptors (Lipinski definition) is 2. The summed E-state index contributed by atoms with van der Waals surface area (Å²) in [5, 5.41) is 4.88. The van der Waals surface area contributed by atoms with Crippen molar-refractivity contribution < 1.29 is 0 Å². The summed E-state index contributed by atoms with van der Waals surface area (Å²) < 4.78 is 2.30. The monoisotopic (exact) mass is 613 g/mol. The average molecular weight is 614 g/mol. The summed E-state index contributed by atoms with van der Waals surface area (Å²) in [5.41, 5.74) is 9.84. The second kappa shape index (κ2) is 11.7. The van der Waals surface area contributed by atoms with Crippen LogP contribution in [0, 0.1) is 0 Å². The summed E-state index contributed by atoms with van der Waals surface area (Å²) in [6, 6.07) is 66.9. The van der Waals surface area contributed by atoms with Crippen LogP contribution in [0.5, 0.6) is 0 Å². The predicted octanol–water partition coefficient (Wildman–Crippen LogP) is 12.1. The molecule has 0 aliphatic rings. The summed E-state index contributed by atoms with van der Waals surface area (Å²) >= 11 is 0. The van der Waals surface area contributed by atoms with Crippen molar-refractivity contribution in [2.45, 2.75) is 0 Å². The maximum Gasteiger partial charge on any atom is 0.145 e. The van der Waals surface area contributed by atoms with E-state index >= 15 is 0 Å². The van der Waals surface area contributed by atoms with Crippen molar-refractivity contribution in [1.82, 2.24) is 9.55 Å². The molecule has 0 aliphatic carbocycles. The van der Waals surface area contributed by atoms with E-state index in [2.05, 4.69) is 198 Å². The van der Waals surface area contributed by atoms with Gasteiger partial charge >= 0.3 is 0 Å². The molecule has 0 atom stereocenters. The zero-order valence-corrected chi connectivity index (χ0v) is 26.2. The second-order valence-corrected chi connectivity index (χ2v) is 12.1. The van der Waals surface area contributed by atoms with E-state index < -0.39 is 0 Å². The Bertz CT molecular complexity index is 2480. The Kier molecular flexibility index (Phi) is 6.80. The standard InChI is InChI=1S/C45H31N3/c1-2-14-34(15-3-1)41-18-8-10-20-43(41)48-44-21-11-9-19-42(44)46-45(48)35-24-26-38(27-25-35)47(39-28-22-32-12-4-6-16-36(32)30-39)40-29-23-33-13-5-7-17-37(33)31-40/h1-31H. The highest BCUT2D eigenvalue weighted by molar-refractivity contribution is 5.93. The van der Waals surface area contributed by atoms with Gasteiger partial charge in [-0.15, -0.1) is 0 Å². The number of imidazole rings is 1. The number of para-hydroxylation sites is 3. The van der Waals surface area contributed by atoms with Gasteiger partial charge in [-0.05, 0) is 93.8 Å². The zero-order valence-electron chi connectivity index (χ0n) is 26.2. The lowest BCUT2D eigenvalue weighted by Crippen LogP contribution is -2.10. The van der Waals surface area contributed by atoms with Gasteiger partial charge in [-0.25, -0.2) is 4.98 Å². The van der Waals surface area contributed by atoms with E-state index in [4.69, 9.17) is 4.98 Å². The van der Waals surface area contributed by atoms with E-state index in [0.29, 0.717) is 0 Å². The van der Waals surface area contributed by atoms with Gasteiger partial charge in [-0.3, -0.25) is 4.57 Å². The SMILES string of the molecule is c1ccc(-c2ccccc2-n2c(-c3ccc(N(c4ccc5ccccc5c4)c4ccc5ccccc5c4)cc3)nc3ccccc32)cc1. The normalized spacial score (nSPS) is 11.3. The molecule has 0 fully saturated rings. The molecule has 0 spiro atoms. The summed E-state index contributed by atoms with van der Waals surface area (Å²) in [4.78, 5) is 7.55. The van der Waals surface area contributed by atoms with Crippen molar-refractivity contribution in [1.29, 1.82) is 0 Å². The molecule has 1 aromatic heterocycles. The summed E-state index contributed by atoms with van der Waals surface area (Å²) in [5.74, 6) is 0.911. The van der Waals surface area contributed by atoms with Crippen LogP contribution in [0.2, 0.25) is 0 Å². The lowest BCUT2D eigenvalue weighted by molar-refractivity contribution is 1.10. The molecule has 226 valence electrons. The quantitative estimate of drug-likeness (QED) is 0.186. The van der Waals surface area contributed by atoms with Crippen molar-refractivity contribution in [3.63, 3.8) is 0 Å². The van der Waals surface area contributed by atoms with E-state index in [1.54, 1.807) is 0 Å². The van der Waals surface area contributed by atoms with Crippen molar-refractivity contribution in [2.24, 2.45) is 0 Å². The van der Waals surface area contributed by atoms with Crippen LogP contribution in [-0.2, 0) is 0 Å². The molecule has 0 aliphatic heterocycles. The summed E-state index contributed by atoms with van der Waals surface area (Å²) in [6.45, 7) is 0. The fourth-order valence-corrected chi connectivity index (χ4v) is 6.83. The molecule has 8 aromatic carbocycles. The molecule has 0 radical (unpaired) electrons. The van der Waals surface area contributed by atoms with Gasteiger partial charge in [0.15, 0.2) is 0 Å². The third-order valence-electron chi connectivity index (χ3n) is 9.16. The minimum atomic E-state index is 0.911. The van der Waals surface area contributed by atoms with Crippen LogP contribution in [0.15, 0.2) is 188 Å². The summed E-state index contributed by atoms with van der Waals surface area (Å²) in [7, 11) is 0.